The first kappa shape index (κ1) is 17.5. The lowest BCUT2D eigenvalue weighted by Gasteiger charge is -2.34. The first-order chi connectivity index (χ1) is 12.2. The number of rotatable bonds is 6. The predicted octanol–water partition coefficient (Wildman–Crippen LogP) is 3.92. The Morgan fingerprint density at radius 3 is 2.64 bits per heavy atom. The molecule has 1 fully saturated rings. The zero-order chi connectivity index (χ0) is 17.6. The number of ether oxygens (including phenoxy) is 2. The molecule has 1 unspecified atom stereocenters. The molecule has 1 heterocycles. The normalized spacial score (nSPS) is 18.0. The van der Waals surface area contributed by atoms with Crippen LogP contribution in [-0.2, 0) is 6.54 Å². The number of likely N-dealkylation sites (tertiary alicyclic amines) is 1. The van der Waals surface area contributed by atoms with E-state index in [4.69, 9.17) is 9.47 Å². The second-order valence-electron chi connectivity index (χ2n) is 6.38. The lowest BCUT2D eigenvalue weighted by Crippen LogP contribution is -2.41. The molecule has 0 radical (unpaired) electrons. The maximum absolute atomic E-state index is 13.0. The fraction of sp³-hybridized carbons (Fsp3) is 0.400. The number of hydrogen-bond acceptors (Lipinski definition) is 4. The molecule has 1 saturated heterocycles. The van der Waals surface area contributed by atoms with Crippen molar-refractivity contribution in [2.75, 3.05) is 32.6 Å². The molecule has 0 aromatic heterocycles. The van der Waals surface area contributed by atoms with E-state index in [-0.39, 0.29) is 5.82 Å². The third kappa shape index (κ3) is 4.42. The molecule has 0 spiro atoms. The van der Waals surface area contributed by atoms with Crippen LogP contribution in [0.3, 0.4) is 0 Å². The van der Waals surface area contributed by atoms with Crippen LogP contribution in [0.2, 0.25) is 0 Å². The minimum atomic E-state index is -0.207. The average Bonchev–Trinajstić information content (AvgIpc) is 2.63. The van der Waals surface area contributed by atoms with Gasteiger partial charge in [0.1, 0.15) is 5.82 Å². The molecule has 3 rings (SSSR count). The summed E-state index contributed by atoms with van der Waals surface area (Å²) in [4.78, 5) is 2.42. The molecule has 2 aromatic carbocycles. The molecular weight excluding hydrogens is 319 g/mol. The number of halogens is 1. The van der Waals surface area contributed by atoms with Crippen molar-refractivity contribution < 1.29 is 13.9 Å². The molecule has 1 aliphatic rings. The van der Waals surface area contributed by atoms with Crippen LogP contribution >= 0.6 is 0 Å². The Morgan fingerprint density at radius 2 is 1.92 bits per heavy atom. The van der Waals surface area contributed by atoms with Crippen LogP contribution in [0.4, 0.5) is 10.1 Å². The van der Waals surface area contributed by atoms with Gasteiger partial charge in [0.15, 0.2) is 11.5 Å². The zero-order valence-corrected chi connectivity index (χ0v) is 14.8. The summed E-state index contributed by atoms with van der Waals surface area (Å²) < 4.78 is 24.0. The van der Waals surface area contributed by atoms with E-state index in [9.17, 15) is 4.39 Å². The maximum atomic E-state index is 13.0. The largest absolute Gasteiger partial charge is 0.493 e. The highest BCUT2D eigenvalue weighted by Gasteiger charge is 2.21. The minimum Gasteiger partial charge on any atom is -0.493 e. The van der Waals surface area contributed by atoms with Crippen LogP contribution in [0, 0.1) is 5.82 Å². The first-order valence-corrected chi connectivity index (χ1v) is 8.64. The Morgan fingerprint density at radius 1 is 1.12 bits per heavy atom. The quantitative estimate of drug-likeness (QED) is 0.861. The number of anilines is 1. The Balaban J connectivity index is 1.65. The van der Waals surface area contributed by atoms with Gasteiger partial charge in [-0.3, -0.25) is 4.90 Å². The van der Waals surface area contributed by atoms with Gasteiger partial charge in [-0.2, -0.15) is 0 Å². The summed E-state index contributed by atoms with van der Waals surface area (Å²) in [5.74, 6) is 1.36. The number of benzene rings is 2. The number of methoxy groups -OCH3 is 2. The van der Waals surface area contributed by atoms with Gasteiger partial charge in [0.2, 0.25) is 0 Å². The third-order valence-corrected chi connectivity index (χ3v) is 4.60. The van der Waals surface area contributed by atoms with E-state index < -0.39 is 0 Å². The van der Waals surface area contributed by atoms with Crippen LogP contribution in [0.5, 0.6) is 11.5 Å². The fourth-order valence-corrected chi connectivity index (χ4v) is 3.42. The molecule has 134 valence electrons. The van der Waals surface area contributed by atoms with Gasteiger partial charge in [-0.25, -0.2) is 4.39 Å². The Kier molecular flexibility index (Phi) is 5.76. The molecule has 0 bridgehead atoms. The molecular formula is C20H25FN2O2. The van der Waals surface area contributed by atoms with E-state index >= 15 is 0 Å². The second kappa shape index (κ2) is 8.21. The highest BCUT2D eigenvalue weighted by molar-refractivity contribution is 5.47. The van der Waals surface area contributed by atoms with Crippen molar-refractivity contribution in [1.82, 2.24) is 4.90 Å². The molecule has 0 aliphatic carbocycles. The molecule has 0 saturated carbocycles. The van der Waals surface area contributed by atoms with Crippen LogP contribution in [0.1, 0.15) is 18.4 Å². The van der Waals surface area contributed by atoms with Gasteiger partial charge < -0.3 is 14.8 Å². The molecule has 1 aliphatic heterocycles. The summed E-state index contributed by atoms with van der Waals surface area (Å²) in [5.41, 5.74) is 2.09. The van der Waals surface area contributed by atoms with Crippen molar-refractivity contribution in [1.29, 1.82) is 0 Å². The van der Waals surface area contributed by atoms with E-state index in [0.29, 0.717) is 6.04 Å². The molecule has 1 N–H and O–H groups in total. The summed E-state index contributed by atoms with van der Waals surface area (Å²) in [6, 6.07) is 12.9. The number of para-hydroxylation sites is 1. The number of hydrogen-bond donors (Lipinski definition) is 1. The highest BCUT2D eigenvalue weighted by atomic mass is 19.1. The van der Waals surface area contributed by atoms with Gasteiger partial charge in [0, 0.05) is 30.4 Å². The minimum absolute atomic E-state index is 0.207. The Hall–Kier alpha value is -2.27. The van der Waals surface area contributed by atoms with Crippen molar-refractivity contribution in [3.63, 3.8) is 0 Å². The van der Waals surface area contributed by atoms with Crippen LogP contribution in [0.15, 0.2) is 42.5 Å². The van der Waals surface area contributed by atoms with Gasteiger partial charge in [-0.1, -0.05) is 12.1 Å². The Labute approximate surface area is 148 Å². The SMILES string of the molecule is COc1cccc(CN2CCCC(Nc3ccc(F)cc3)C2)c1OC. The van der Waals surface area contributed by atoms with E-state index in [1.165, 1.54) is 12.1 Å². The smallest absolute Gasteiger partial charge is 0.165 e. The van der Waals surface area contributed by atoms with Crippen LogP contribution in [-0.4, -0.2) is 38.3 Å². The average molecular weight is 344 g/mol. The zero-order valence-electron chi connectivity index (χ0n) is 14.8. The maximum Gasteiger partial charge on any atom is 0.165 e. The molecule has 0 amide bonds. The number of piperidine rings is 1. The van der Waals surface area contributed by atoms with Gasteiger partial charge >= 0.3 is 0 Å². The summed E-state index contributed by atoms with van der Waals surface area (Å²) in [6.07, 6.45) is 2.24. The third-order valence-electron chi connectivity index (χ3n) is 4.60. The van der Waals surface area contributed by atoms with E-state index in [1.54, 1.807) is 26.4 Å². The molecule has 5 heteroatoms. The monoisotopic (exact) mass is 344 g/mol. The van der Waals surface area contributed by atoms with Crippen molar-refractivity contribution in [3.8, 4) is 11.5 Å². The second-order valence-corrected chi connectivity index (χ2v) is 6.38. The molecule has 4 nitrogen and oxygen atoms in total. The van der Waals surface area contributed by atoms with Crippen LogP contribution < -0.4 is 14.8 Å². The van der Waals surface area contributed by atoms with Crippen molar-refractivity contribution in [3.05, 3.63) is 53.8 Å². The topological polar surface area (TPSA) is 33.7 Å². The van der Waals surface area contributed by atoms with Gasteiger partial charge in [-0.05, 0) is 49.7 Å². The van der Waals surface area contributed by atoms with Crippen molar-refractivity contribution in [2.45, 2.75) is 25.4 Å². The fourth-order valence-electron chi connectivity index (χ4n) is 3.42. The number of nitrogens with zero attached hydrogens (tertiary/aromatic N) is 1. The van der Waals surface area contributed by atoms with Crippen molar-refractivity contribution >= 4 is 5.69 Å². The van der Waals surface area contributed by atoms with Crippen LogP contribution in [0.25, 0.3) is 0 Å². The molecule has 2 aromatic rings. The summed E-state index contributed by atoms with van der Waals surface area (Å²) >= 11 is 0. The molecule has 25 heavy (non-hydrogen) atoms. The number of nitrogens with one attached hydrogen (secondary N) is 1. The lowest BCUT2D eigenvalue weighted by atomic mass is 10.0. The van der Waals surface area contributed by atoms with E-state index in [0.717, 1.165) is 55.2 Å². The van der Waals surface area contributed by atoms with Gasteiger partial charge in [-0.15, -0.1) is 0 Å². The highest BCUT2D eigenvalue weighted by Crippen LogP contribution is 2.32. The van der Waals surface area contributed by atoms with Crippen molar-refractivity contribution in [2.24, 2.45) is 0 Å². The first-order valence-electron chi connectivity index (χ1n) is 8.64. The molecule has 1 atom stereocenters. The standard InChI is InChI=1S/C20H25FN2O2/c1-24-19-7-3-5-15(20(19)25-2)13-23-12-4-6-18(14-23)22-17-10-8-16(21)9-11-17/h3,5,7-11,18,22H,4,6,12-14H2,1-2H3. The van der Waals surface area contributed by atoms with E-state index in [2.05, 4.69) is 16.3 Å². The summed E-state index contributed by atoms with van der Waals surface area (Å²) in [7, 11) is 3.33. The van der Waals surface area contributed by atoms with Gasteiger partial charge in [0.05, 0.1) is 14.2 Å². The van der Waals surface area contributed by atoms with Gasteiger partial charge in [0.25, 0.3) is 0 Å². The predicted molar refractivity (Wildman–Crippen MR) is 97.9 cm³/mol. The summed E-state index contributed by atoms with van der Waals surface area (Å²) in [5, 5.41) is 3.51. The Bertz CT molecular complexity index is 691. The lowest BCUT2D eigenvalue weighted by molar-refractivity contribution is 0.205. The summed E-state index contributed by atoms with van der Waals surface area (Å²) in [6.45, 7) is 2.82. The van der Waals surface area contributed by atoms with E-state index in [1.807, 2.05) is 12.1 Å².